The molecule has 0 saturated carbocycles. The molecule has 0 radical (unpaired) electrons. The van der Waals surface area contributed by atoms with E-state index in [1.165, 1.54) is 17.3 Å². The van der Waals surface area contributed by atoms with Crippen LogP contribution < -0.4 is 15.8 Å². The van der Waals surface area contributed by atoms with Crippen molar-refractivity contribution in [2.24, 2.45) is 0 Å². The van der Waals surface area contributed by atoms with Crippen LogP contribution in [0.2, 0.25) is 0 Å². The first-order valence-electron chi connectivity index (χ1n) is 8.92. The Morgan fingerprint density at radius 1 is 1.28 bits per heavy atom. The van der Waals surface area contributed by atoms with E-state index in [1.54, 1.807) is 6.20 Å². The SMILES string of the molecule is O=C(N[C@@H]1CCCN(c2ncc[nH]c2=O)C1)c1cccc2c1CCC2. The minimum Gasteiger partial charge on any atom is -0.350 e. The van der Waals surface area contributed by atoms with Gasteiger partial charge in [-0.05, 0) is 49.3 Å². The number of nitrogens with one attached hydrogen (secondary N) is 2. The molecule has 2 heterocycles. The molecule has 2 N–H and O–H groups in total. The number of aryl methyl sites for hydroxylation is 1. The number of carbonyl (C=O) groups excluding carboxylic acids is 1. The zero-order chi connectivity index (χ0) is 17.2. The van der Waals surface area contributed by atoms with Crippen LogP contribution in [0.4, 0.5) is 5.82 Å². The number of nitrogens with zero attached hydrogens (tertiary/aromatic N) is 2. The van der Waals surface area contributed by atoms with E-state index in [0.717, 1.165) is 44.2 Å². The summed E-state index contributed by atoms with van der Waals surface area (Å²) in [6.45, 7) is 1.40. The lowest BCUT2D eigenvalue weighted by Gasteiger charge is -2.33. The van der Waals surface area contributed by atoms with Crippen LogP contribution in [-0.2, 0) is 12.8 Å². The van der Waals surface area contributed by atoms with E-state index < -0.39 is 0 Å². The molecule has 1 saturated heterocycles. The molecule has 1 aromatic carbocycles. The highest BCUT2D eigenvalue weighted by molar-refractivity contribution is 5.96. The maximum Gasteiger partial charge on any atom is 0.290 e. The Morgan fingerprint density at radius 2 is 2.20 bits per heavy atom. The molecule has 4 rings (SSSR count). The highest BCUT2D eigenvalue weighted by Crippen LogP contribution is 2.25. The van der Waals surface area contributed by atoms with Crippen molar-refractivity contribution < 1.29 is 4.79 Å². The van der Waals surface area contributed by atoms with Crippen LogP contribution in [0.5, 0.6) is 0 Å². The molecular weight excluding hydrogens is 316 g/mol. The fourth-order valence-corrected chi connectivity index (χ4v) is 3.95. The summed E-state index contributed by atoms with van der Waals surface area (Å²) in [5.41, 5.74) is 3.13. The first-order valence-corrected chi connectivity index (χ1v) is 8.92. The Bertz CT molecular complexity index is 845. The van der Waals surface area contributed by atoms with Gasteiger partial charge in [-0.3, -0.25) is 9.59 Å². The van der Waals surface area contributed by atoms with Crippen molar-refractivity contribution >= 4 is 11.7 Å². The first-order chi connectivity index (χ1) is 12.2. The standard InChI is InChI=1S/C19H22N4O2/c24-18(16-8-2-5-13-4-1-7-15(13)16)22-14-6-3-11-23(12-14)17-19(25)21-10-9-20-17/h2,5,8-10,14H,1,3-4,6-7,11-12H2,(H,21,25)(H,22,24)/t14-/m1/s1. The topological polar surface area (TPSA) is 78.1 Å². The van der Waals surface area contributed by atoms with Gasteiger partial charge in [0.1, 0.15) is 0 Å². The fraction of sp³-hybridized carbons (Fsp3) is 0.421. The van der Waals surface area contributed by atoms with Gasteiger partial charge in [0.25, 0.3) is 11.5 Å². The van der Waals surface area contributed by atoms with Crippen LogP contribution in [0.1, 0.15) is 40.7 Å². The number of aromatic amines is 1. The second-order valence-electron chi connectivity index (χ2n) is 6.80. The number of anilines is 1. The summed E-state index contributed by atoms with van der Waals surface area (Å²) < 4.78 is 0. The quantitative estimate of drug-likeness (QED) is 0.892. The van der Waals surface area contributed by atoms with E-state index in [4.69, 9.17) is 0 Å². The summed E-state index contributed by atoms with van der Waals surface area (Å²) >= 11 is 0. The number of amides is 1. The summed E-state index contributed by atoms with van der Waals surface area (Å²) in [7, 11) is 0. The van der Waals surface area contributed by atoms with Gasteiger partial charge in [-0.2, -0.15) is 0 Å². The van der Waals surface area contributed by atoms with Crippen LogP contribution in [0.15, 0.2) is 35.4 Å². The predicted molar refractivity (Wildman–Crippen MR) is 96.0 cm³/mol. The third-order valence-corrected chi connectivity index (χ3v) is 5.14. The second-order valence-corrected chi connectivity index (χ2v) is 6.80. The predicted octanol–water partition coefficient (Wildman–Crippen LogP) is 1.66. The smallest absolute Gasteiger partial charge is 0.290 e. The van der Waals surface area contributed by atoms with E-state index >= 15 is 0 Å². The van der Waals surface area contributed by atoms with E-state index in [9.17, 15) is 9.59 Å². The average Bonchev–Trinajstić information content (AvgIpc) is 3.11. The van der Waals surface area contributed by atoms with Gasteiger partial charge in [0.15, 0.2) is 5.82 Å². The van der Waals surface area contributed by atoms with Crippen LogP contribution >= 0.6 is 0 Å². The molecule has 6 nitrogen and oxygen atoms in total. The molecule has 25 heavy (non-hydrogen) atoms. The van der Waals surface area contributed by atoms with Crippen molar-refractivity contribution in [3.8, 4) is 0 Å². The molecule has 6 heteroatoms. The minimum atomic E-state index is -0.185. The second kappa shape index (κ2) is 6.70. The fourth-order valence-electron chi connectivity index (χ4n) is 3.95. The molecule has 2 aromatic rings. The molecule has 1 fully saturated rings. The van der Waals surface area contributed by atoms with Crippen LogP contribution in [-0.4, -0.2) is 35.0 Å². The average molecular weight is 338 g/mol. The molecule has 1 aliphatic carbocycles. The normalized spacial score (nSPS) is 19.5. The van der Waals surface area contributed by atoms with Gasteiger partial charge in [-0.15, -0.1) is 0 Å². The first kappa shape index (κ1) is 15.9. The largest absolute Gasteiger partial charge is 0.350 e. The third-order valence-electron chi connectivity index (χ3n) is 5.14. The lowest BCUT2D eigenvalue weighted by Crippen LogP contribution is -2.49. The molecule has 0 spiro atoms. The highest BCUT2D eigenvalue weighted by Gasteiger charge is 2.25. The Morgan fingerprint density at radius 3 is 3.08 bits per heavy atom. The van der Waals surface area contributed by atoms with Crippen molar-refractivity contribution in [1.82, 2.24) is 15.3 Å². The number of piperidine rings is 1. The number of carbonyl (C=O) groups is 1. The van der Waals surface area contributed by atoms with E-state index in [2.05, 4.69) is 21.4 Å². The summed E-state index contributed by atoms with van der Waals surface area (Å²) in [6, 6.07) is 6.04. The zero-order valence-corrected chi connectivity index (χ0v) is 14.1. The van der Waals surface area contributed by atoms with E-state index in [-0.39, 0.29) is 17.5 Å². The van der Waals surface area contributed by atoms with Crippen LogP contribution in [0.25, 0.3) is 0 Å². The lowest BCUT2D eigenvalue weighted by atomic mass is 10.0. The van der Waals surface area contributed by atoms with E-state index in [1.807, 2.05) is 17.0 Å². The van der Waals surface area contributed by atoms with Crippen LogP contribution in [0.3, 0.4) is 0 Å². The summed E-state index contributed by atoms with van der Waals surface area (Å²) in [5, 5.41) is 3.16. The van der Waals surface area contributed by atoms with Gasteiger partial charge >= 0.3 is 0 Å². The number of aromatic nitrogens is 2. The number of hydrogen-bond donors (Lipinski definition) is 2. The summed E-state index contributed by atoms with van der Waals surface area (Å²) in [6.07, 6.45) is 8.14. The molecule has 1 amide bonds. The Kier molecular flexibility index (Phi) is 4.26. The molecule has 1 atom stereocenters. The number of hydrogen-bond acceptors (Lipinski definition) is 4. The molecule has 0 unspecified atom stereocenters. The van der Waals surface area contributed by atoms with Crippen molar-refractivity contribution in [2.45, 2.75) is 38.1 Å². The number of fused-ring (bicyclic) bond motifs is 1. The van der Waals surface area contributed by atoms with Gasteiger partial charge < -0.3 is 15.2 Å². The van der Waals surface area contributed by atoms with Crippen molar-refractivity contribution in [3.05, 3.63) is 57.6 Å². The summed E-state index contributed by atoms with van der Waals surface area (Å²) in [4.78, 5) is 33.5. The molecule has 2 aliphatic rings. The zero-order valence-electron chi connectivity index (χ0n) is 14.1. The molecule has 0 bridgehead atoms. The molecule has 1 aromatic heterocycles. The Labute approximate surface area is 146 Å². The summed E-state index contributed by atoms with van der Waals surface area (Å²) in [5.74, 6) is 0.433. The number of benzene rings is 1. The van der Waals surface area contributed by atoms with Crippen LogP contribution in [0, 0.1) is 0 Å². The Hall–Kier alpha value is -2.63. The molecule has 1 aliphatic heterocycles. The molecular formula is C19H22N4O2. The number of rotatable bonds is 3. The van der Waals surface area contributed by atoms with Gasteiger partial charge in [0.05, 0.1) is 0 Å². The highest BCUT2D eigenvalue weighted by atomic mass is 16.1. The van der Waals surface area contributed by atoms with Crippen molar-refractivity contribution in [2.75, 3.05) is 18.0 Å². The number of H-pyrrole nitrogens is 1. The maximum absolute atomic E-state index is 12.8. The maximum atomic E-state index is 12.8. The van der Waals surface area contributed by atoms with E-state index in [0.29, 0.717) is 12.4 Å². The lowest BCUT2D eigenvalue weighted by molar-refractivity contribution is 0.0932. The van der Waals surface area contributed by atoms with Crippen molar-refractivity contribution in [1.29, 1.82) is 0 Å². The monoisotopic (exact) mass is 338 g/mol. The Balaban J connectivity index is 1.48. The minimum absolute atomic E-state index is 0.000491. The van der Waals surface area contributed by atoms with Gasteiger partial charge in [0, 0.05) is 37.1 Å². The van der Waals surface area contributed by atoms with Gasteiger partial charge in [0.2, 0.25) is 0 Å². The molecule has 130 valence electrons. The third kappa shape index (κ3) is 3.16. The van der Waals surface area contributed by atoms with Gasteiger partial charge in [-0.25, -0.2) is 4.98 Å². The van der Waals surface area contributed by atoms with Gasteiger partial charge in [-0.1, -0.05) is 12.1 Å². The van der Waals surface area contributed by atoms with Crippen molar-refractivity contribution in [3.63, 3.8) is 0 Å².